The lowest BCUT2D eigenvalue weighted by Crippen LogP contribution is -2.53. The molecule has 9 heteroatoms. The van der Waals surface area contributed by atoms with Gasteiger partial charge in [-0.3, -0.25) is 13.9 Å². The topological polar surface area (TPSA) is 86.8 Å². The van der Waals surface area contributed by atoms with Gasteiger partial charge in [0.1, 0.15) is 12.6 Å². The fraction of sp³-hybridized carbons (Fsp3) is 0.212. The number of likely N-dealkylation sites (N-methyl/N-ethyl adjacent to an activating group) is 1. The summed E-state index contributed by atoms with van der Waals surface area (Å²) in [7, 11) is -2.69. The van der Waals surface area contributed by atoms with Gasteiger partial charge in [0, 0.05) is 20.0 Å². The summed E-state index contributed by atoms with van der Waals surface area (Å²) >= 11 is 6.49. The molecule has 0 saturated carbocycles. The lowest BCUT2D eigenvalue weighted by atomic mass is 10.0. The molecule has 218 valence electrons. The van der Waals surface area contributed by atoms with E-state index in [-0.39, 0.29) is 34.5 Å². The molecule has 4 aromatic carbocycles. The predicted octanol–water partition coefficient (Wildman–Crippen LogP) is 5.54. The molecule has 1 atom stereocenters. The standard InChI is InChI=1S/C33H34ClN3O4S/c1-24-13-17-27(18-14-24)22-36(31(33(39)35-3)21-26-9-5-4-6-10-26)32(38)23-37(30-12-8-7-11-29(30)34)42(40,41)28-19-15-25(2)16-20-28/h4-20,31H,21-23H2,1-3H3,(H,35,39)/t31-/m0/s1. The number of aryl methyl sites for hydroxylation is 2. The van der Waals surface area contributed by atoms with Gasteiger partial charge in [-0.25, -0.2) is 8.42 Å². The highest BCUT2D eigenvalue weighted by Gasteiger charge is 2.34. The van der Waals surface area contributed by atoms with Crippen LogP contribution < -0.4 is 9.62 Å². The Morgan fingerprint density at radius 2 is 1.36 bits per heavy atom. The van der Waals surface area contributed by atoms with Crippen LogP contribution in [0.3, 0.4) is 0 Å². The van der Waals surface area contributed by atoms with E-state index < -0.39 is 28.5 Å². The number of hydrogen-bond donors (Lipinski definition) is 1. The maximum atomic E-state index is 14.3. The predicted molar refractivity (Wildman–Crippen MR) is 167 cm³/mol. The molecule has 1 N–H and O–H groups in total. The Kier molecular flexibility index (Phi) is 10.0. The minimum Gasteiger partial charge on any atom is -0.357 e. The van der Waals surface area contributed by atoms with Crippen molar-refractivity contribution in [3.05, 3.63) is 130 Å². The molecule has 0 aliphatic carbocycles. The Hall–Kier alpha value is -4.14. The van der Waals surface area contributed by atoms with Crippen molar-refractivity contribution in [3.63, 3.8) is 0 Å². The van der Waals surface area contributed by atoms with E-state index in [1.54, 1.807) is 36.4 Å². The number of carbonyl (C=O) groups is 2. The van der Waals surface area contributed by atoms with Crippen molar-refractivity contribution in [1.29, 1.82) is 0 Å². The number of halogens is 1. The van der Waals surface area contributed by atoms with Crippen molar-refractivity contribution in [3.8, 4) is 0 Å². The summed E-state index contributed by atoms with van der Waals surface area (Å²) in [5, 5.41) is 2.86. The lowest BCUT2D eigenvalue weighted by Gasteiger charge is -2.33. The molecule has 7 nitrogen and oxygen atoms in total. The number of para-hydroxylation sites is 1. The number of amides is 2. The minimum atomic E-state index is -4.21. The summed E-state index contributed by atoms with van der Waals surface area (Å²) in [6.07, 6.45) is 0.245. The van der Waals surface area contributed by atoms with E-state index >= 15 is 0 Å². The zero-order chi connectivity index (χ0) is 30.3. The molecule has 0 fully saturated rings. The monoisotopic (exact) mass is 603 g/mol. The molecular formula is C33H34ClN3O4S. The van der Waals surface area contributed by atoms with Crippen molar-refractivity contribution in [2.24, 2.45) is 0 Å². The number of nitrogens with one attached hydrogen (secondary N) is 1. The van der Waals surface area contributed by atoms with Crippen LogP contribution >= 0.6 is 11.6 Å². The normalized spacial score (nSPS) is 11.9. The summed E-state index contributed by atoms with van der Waals surface area (Å²) in [4.78, 5) is 29.1. The molecule has 0 aliphatic rings. The second-order valence-corrected chi connectivity index (χ2v) is 12.4. The number of nitrogens with zero attached hydrogens (tertiary/aromatic N) is 2. The number of anilines is 1. The fourth-order valence-corrected chi connectivity index (χ4v) is 6.34. The van der Waals surface area contributed by atoms with E-state index in [0.29, 0.717) is 0 Å². The van der Waals surface area contributed by atoms with Gasteiger partial charge >= 0.3 is 0 Å². The first-order chi connectivity index (χ1) is 20.1. The molecule has 4 rings (SSSR count). The maximum Gasteiger partial charge on any atom is 0.264 e. The van der Waals surface area contributed by atoms with Gasteiger partial charge in [0.2, 0.25) is 11.8 Å². The van der Waals surface area contributed by atoms with Crippen LogP contribution in [0.25, 0.3) is 0 Å². The highest BCUT2D eigenvalue weighted by atomic mass is 35.5. The van der Waals surface area contributed by atoms with Crippen LogP contribution in [0.5, 0.6) is 0 Å². The summed E-state index contributed by atoms with van der Waals surface area (Å²) < 4.78 is 29.1. The average Bonchev–Trinajstić information content (AvgIpc) is 2.99. The van der Waals surface area contributed by atoms with E-state index in [4.69, 9.17) is 11.6 Å². The first kappa shape index (κ1) is 30.8. The van der Waals surface area contributed by atoms with Gasteiger partial charge in [-0.2, -0.15) is 0 Å². The van der Waals surface area contributed by atoms with Crippen molar-refractivity contribution in [2.75, 3.05) is 17.9 Å². The number of sulfonamides is 1. The fourth-order valence-electron chi connectivity index (χ4n) is 4.62. The highest BCUT2D eigenvalue weighted by Crippen LogP contribution is 2.31. The molecular weight excluding hydrogens is 570 g/mol. The van der Waals surface area contributed by atoms with Crippen LogP contribution in [-0.4, -0.2) is 44.8 Å². The third kappa shape index (κ3) is 7.38. The maximum absolute atomic E-state index is 14.3. The van der Waals surface area contributed by atoms with Crippen LogP contribution in [0.2, 0.25) is 5.02 Å². The number of carbonyl (C=O) groups excluding carboxylic acids is 2. The summed E-state index contributed by atoms with van der Waals surface area (Å²) in [5.74, 6) is -0.902. The Morgan fingerprint density at radius 1 is 0.786 bits per heavy atom. The van der Waals surface area contributed by atoms with Gasteiger partial charge in [0.15, 0.2) is 0 Å². The summed E-state index contributed by atoms with van der Waals surface area (Å²) in [5.41, 5.74) is 3.79. The van der Waals surface area contributed by atoms with Gasteiger partial charge in [-0.05, 0) is 49.2 Å². The molecule has 0 unspecified atom stereocenters. The third-order valence-electron chi connectivity index (χ3n) is 7.00. The van der Waals surface area contributed by atoms with E-state index in [1.165, 1.54) is 24.1 Å². The van der Waals surface area contributed by atoms with Crippen molar-refractivity contribution in [1.82, 2.24) is 10.2 Å². The first-order valence-corrected chi connectivity index (χ1v) is 15.4. The first-order valence-electron chi connectivity index (χ1n) is 13.5. The summed E-state index contributed by atoms with van der Waals surface area (Å²) in [6.45, 7) is 3.37. The van der Waals surface area contributed by atoms with Gasteiger partial charge in [-0.1, -0.05) is 102 Å². The molecule has 0 spiro atoms. The highest BCUT2D eigenvalue weighted by molar-refractivity contribution is 7.92. The Bertz CT molecular complexity index is 1630. The zero-order valence-electron chi connectivity index (χ0n) is 23.8. The van der Waals surface area contributed by atoms with E-state index in [9.17, 15) is 18.0 Å². The van der Waals surface area contributed by atoms with Gasteiger partial charge in [0.05, 0.1) is 15.6 Å². The zero-order valence-corrected chi connectivity index (χ0v) is 25.4. The van der Waals surface area contributed by atoms with Crippen molar-refractivity contribution < 1.29 is 18.0 Å². The molecule has 0 radical (unpaired) electrons. The smallest absolute Gasteiger partial charge is 0.264 e. The molecule has 0 saturated heterocycles. The molecule has 0 heterocycles. The average molecular weight is 604 g/mol. The van der Waals surface area contributed by atoms with E-state index in [1.807, 2.05) is 68.4 Å². The van der Waals surface area contributed by atoms with Crippen LogP contribution in [0.4, 0.5) is 5.69 Å². The molecule has 0 aliphatic heterocycles. The second-order valence-electron chi connectivity index (χ2n) is 10.1. The SMILES string of the molecule is CNC(=O)[C@H](Cc1ccccc1)N(Cc1ccc(C)cc1)C(=O)CN(c1ccccc1Cl)S(=O)(=O)c1ccc(C)cc1. The number of rotatable bonds is 11. The summed E-state index contributed by atoms with van der Waals surface area (Å²) in [6, 6.07) is 29.1. The van der Waals surface area contributed by atoms with Gasteiger partial charge in [-0.15, -0.1) is 0 Å². The molecule has 42 heavy (non-hydrogen) atoms. The lowest BCUT2D eigenvalue weighted by molar-refractivity contribution is -0.139. The van der Waals surface area contributed by atoms with Gasteiger partial charge in [0.25, 0.3) is 10.0 Å². The van der Waals surface area contributed by atoms with Crippen molar-refractivity contribution in [2.45, 2.75) is 37.8 Å². The second kappa shape index (κ2) is 13.7. The van der Waals surface area contributed by atoms with Crippen LogP contribution in [0.15, 0.2) is 108 Å². The van der Waals surface area contributed by atoms with Crippen LogP contribution in [0, 0.1) is 13.8 Å². The largest absolute Gasteiger partial charge is 0.357 e. The van der Waals surface area contributed by atoms with E-state index in [0.717, 1.165) is 26.6 Å². The Balaban J connectivity index is 1.79. The third-order valence-corrected chi connectivity index (χ3v) is 9.09. The van der Waals surface area contributed by atoms with E-state index in [2.05, 4.69) is 5.32 Å². The van der Waals surface area contributed by atoms with Crippen LogP contribution in [-0.2, 0) is 32.6 Å². The molecule has 0 aromatic heterocycles. The Labute approximate surface area is 252 Å². The molecule has 0 bridgehead atoms. The Morgan fingerprint density at radius 3 is 1.95 bits per heavy atom. The number of benzene rings is 4. The minimum absolute atomic E-state index is 0.0260. The number of hydrogen-bond acceptors (Lipinski definition) is 4. The van der Waals surface area contributed by atoms with Gasteiger partial charge < -0.3 is 10.2 Å². The molecule has 4 aromatic rings. The van der Waals surface area contributed by atoms with Crippen molar-refractivity contribution >= 4 is 39.1 Å². The van der Waals surface area contributed by atoms with Crippen LogP contribution in [0.1, 0.15) is 22.3 Å². The molecule has 2 amide bonds. The quantitative estimate of drug-likeness (QED) is 0.244.